The van der Waals surface area contributed by atoms with Gasteiger partial charge in [0.05, 0.1) is 5.56 Å². The molecule has 2 heteroatoms. The molecule has 0 heterocycles. The van der Waals surface area contributed by atoms with Gasteiger partial charge in [-0.2, -0.15) is 0 Å². The van der Waals surface area contributed by atoms with Crippen LogP contribution >= 0.6 is 0 Å². The molecule has 0 aliphatic carbocycles. The van der Waals surface area contributed by atoms with Gasteiger partial charge in [0, 0.05) is 0 Å². The molecule has 2 N–H and O–H groups in total. The third-order valence-electron chi connectivity index (χ3n) is 4.77. The second kappa shape index (κ2) is 16.2. The Labute approximate surface area is 166 Å². The first kappa shape index (κ1) is 23.1. The maximum absolute atomic E-state index is 9.68. The minimum atomic E-state index is 0.0895. The van der Waals surface area contributed by atoms with Crippen molar-refractivity contribution < 1.29 is 10.2 Å². The number of phenolic OH excluding ortho intramolecular Hbond substituents is 2. The molecule has 150 valence electrons. The van der Waals surface area contributed by atoms with Crippen molar-refractivity contribution in [3.8, 4) is 11.5 Å². The van der Waals surface area contributed by atoms with Gasteiger partial charge in [0.25, 0.3) is 0 Å². The van der Waals surface area contributed by atoms with Crippen LogP contribution in [0.5, 0.6) is 11.5 Å². The van der Waals surface area contributed by atoms with Gasteiger partial charge < -0.3 is 10.2 Å². The second-order valence-corrected chi connectivity index (χ2v) is 7.21. The van der Waals surface area contributed by atoms with Crippen LogP contribution in [0.3, 0.4) is 0 Å². The van der Waals surface area contributed by atoms with Gasteiger partial charge >= 0.3 is 0 Å². The third kappa shape index (κ3) is 12.1. The Hall–Kier alpha value is -1.96. The van der Waals surface area contributed by atoms with Crippen LogP contribution in [0.1, 0.15) is 89.5 Å². The van der Waals surface area contributed by atoms with Crippen LogP contribution in [0.15, 0.2) is 48.6 Å². The minimum Gasteiger partial charge on any atom is -0.507 e. The van der Waals surface area contributed by atoms with Gasteiger partial charge in [0.2, 0.25) is 0 Å². The fraction of sp³-hybridized carbons (Fsp3) is 0.520. The van der Waals surface area contributed by atoms with Crippen molar-refractivity contribution in [2.45, 2.75) is 84.0 Å². The van der Waals surface area contributed by atoms with Gasteiger partial charge in [0.1, 0.15) is 11.5 Å². The first-order valence-corrected chi connectivity index (χ1v) is 10.8. The number of aromatic hydroxyl groups is 2. The number of unbranched alkanes of at least 4 members (excludes halogenated alkanes) is 11. The van der Waals surface area contributed by atoms with Gasteiger partial charge in [0.15, 0.2) is 0 Å². The molecule has 0 fully saturated rings. The zero-order valence-electron chi connectivity index (χ0n) is 17.1. The Kier molecular flexibility index (Phi) is 13.9. The molecule has 0 saturated carbocycles. The maximum atomic E-state index is 9.68. The van der Waals surface area contributed by atoms with E-state index < -0.39 is 0 Å². The van der Waals surface area contributed by atoms with Crippen LogP contribution in [-0.4, -0.2) is 10.2 Å². The van der Waals surface area contributed by atoms with Crippen LogP contribution < -0.4 is 0 Å². The summed E-state index contributed by atoms with van der Waals surface area (Å²) in [5.41, 5.74) is 0.451. The van der Waals surface area contributed by atoms with Crippen molar-refractivity contribution in [3.05, 3.63) is 54.1 Å². The molecule has 1 rings (SSSR count). The lowest BCUT2D eigenvalue weighted by molar-refractivity contribution is 0.448. The summed E-state index contributed by atoms with van der Waals surface area (Å²) in [6, 6.07) is 4.75. The lowest BCUT2D eigenvalue weighted by atomic mass is 10.1. The van der Waals surface area contributed by atoms with Gasteiger partial charge in [-0.05, 0) is 31.1 Å². The van der Waals surface area contributed by atoms with Crippen LogP contribution in [0, 0.1) is 0 Å². The van der Waals surface area contributed by atoms with Crippen molar-refractivity contribution in [1.82, 2.24) is 0 Å². The van der Waals surface area contributed by atoms with Crippen molar-refractivity contribution in [1.29, 1.82) is 0 Å². The van der Waals surface area contributed by atoms with E-state index in [-0.39, 0.29) is 11.5 Å². The molecule has 0 atom stereocenters. The standard InChI is InChI=1S/C25H38O2/c1-2-3-4-5-6-7-8-9-10-11-12-13-14-15-16-17-18-20-23-24(26)21-19-22-25(23)27/h14-22,26-27H,2-13H2,1H3. The van der Waals surface area contributed by atoms with E-state index in [4.69, 9.17) is 0 Å². The van der Waals surface area contributed by atoms with Crippen molar-refractivity contribution in [3.63, 3.8) is 0 Å². The Morgan fingerprint density at radius 3 is 1.78 bits per heavy atom. The van der Waals surface area contributed by atoms with Gasteiger partial charge in [-0.15, -0.1) is 0 Å². The normalized spacial score (nSPS) is 12.0. The molecule has 0 unspecified atom stereocenters. The molecule has 0 aliphatic heterocycles. The SMILES string of the molecule is CCCCCCCCCCCCCC=CC=CC=Cc1c(O)cccc1O. The summed E-state index contributed by atoms with van der Waals surface area (Å²) < 4.78 is 0. The summed E-state index contributed by atoms with van der Waals surface area (Å²) in [6.07, 6.45) is 28.0. The number of hydrogen-bond donors (Lipinski definition) is 2. The quantitative estimate of drug-likeness (QED) is 0.243. The molecule has 2 nitrogen and oxygen atoms in total. The monoisotopic (exact) mass is 370 g/mol. The first-order valence-electron chi connectivity index (χ1n) is 10.8. The highest BCUT2D eigenvalue weighted by Gasteiger charge is 2.01. The smallest absolute Gasteiger partial charge is 0.126 e. The highest BCUT2D eigenvalue weighted by atomic mass is 16.3. The number of hydrogen-bond acceptors (Lipinski definition) is 2. The van der Waals surface area contributed by atoms with Crippen LogP contribution in [0.2, 0.25) is 0 Å². The lowest BCUT2D eigenvalue weighted by Crippen LogP contribution is -1.81. The molecular formula is C25H38O2. The van der Waals surface area contributed by atoms with E-state index in [1.807, 2.05) is 18.2 Å². The van der Waals surface area contributed by atoms with Crippen LogP contribution in [0.25, 0.3) is 6.08 Å². The van der Waals surface area contributed by atoms with E-state index in [2.05, 4.69) is 19.1 Å². The summed E-state index contributed by atoms with van der Waals surface area (Å²) in [7, 11) is 0. The number of phenols is 2. The molecule has 0 bridgehead atoms. The molecule has 0 aromatic heterocycles. The predicted octanol–water partition coefficient (Wildman–Crippen LogP) is 7.92. The molecule has 0 aliphatic rings. The van der Waals surface area contributed by atoms with Gasteiger partial charge in [-0.25, -0.2) is 0 Å². The van der Waals surface area contributed by atoms with E-state index in [1.165, 1.54) is 70.6 Å². The topological polar surface area (TPSA) is 40.5 Å². The van der Waals surface area contributed by atoms with Crippen molar-refractivity contribution in [2.24, 2.45) is 0 Å². The zero-order valence-corrected chi connectivity index (χ0v) is 17.1. The summed E-state index contributed by atoms with van der Waals surface area (Å²) in [5.74, 6) is 0.179. The predicted molar refractivity (Wildman–Crippen MR) is 118 cm³/mol. The van der Waals surface area contributed by atoms with Crippen LogP contribution in [-0.2, 0) is 0 Å². The summed E-state index contributed by atoms with van der Waals surface area (Å²) >= 11 is 0. The summed E-state index contributed by atoms with van der Waals surface area (Å²) in [5, 5.41) is 19.4. The number of allylic oxidation sites excluding steroid dienone is 5. The third-order valence-corrected chi connectivity index (χ3v) is 4.77. The Balaban J connectivity index is 1.99. The Bertz CT molecular complexity index is 549. The first-order chi connectivity index (χ1) is 13.3. The van der Waals surface area contributed by atoms with Gasteiger partial charge in [-0.3, -0.25) is 0 Å². The molecule has 1 aromatic carbocycles. The zero-order chi connectivity index (χ0) is 19.6. The van der Waals surface area contributed by atoms with E-state index in [0.717, 1.165) is 6.42 Å². The second-order valence-electron chi connectivity index (χ2n) is 7.21. The van der Waals surface area contributed by atoms with Crippen molar-refractivity contribution >= 4 is 6.08 Å². The fourth-order valence-corrected chi connectivity index (χ4v) is 3.09. The van der Waals surface area contributed by atoms with Crippen molar-refractivity contribution in [2.75, 3.05) is 0 Å². The average molecular weight is 371 g/mol. The molecule has 0 spiro atoms. The molecule has 27 heavy (non-hydrogen) atoms. The number of rotatable bonds is 15. The lowest BCUT2D eigenvalue weighted by Gasteiger charge is -2.01. The largest absolute Gasteiger partial charge is 0.507 e. The highest BCUT2D eigenvalue weighted by Crippen LogP contribution is 2.27. The molecule has 0 saturated heterocycles. The number of benzene rings is 1. The van der Waals surface area contributed by atoms with E-state index >= 15 is 0 Å². The molecule has 1 aromatic rings. The molecular weight excluding hydrogens is 332 g/mol. The highest BCUT2D eigenvalue weighted by molar-refractivity contribution is 5.64. The van der Waals surface area contributed by atoms with Gasteiger partial charge in [-0.1, -0.05) is 108 Å². The van der Waals surface area contributed by atoms with E-state index in [9.17, 15) is 10.2 Å². The molecule has 0 radical (unpaired) electrons. The maximum Gasteiger partial charge on any atom is 0.126 e. The van der Waals surface area contributed by atoms with E-state index in [1.54, 1.807) is 24.3 Å². The Morgan fingerprint density at radius 1 is 0.667 bits per heavy atom. The average Bonchev–Trinajstić information content (AvgIpc) is 2.66. The summed E-state index contributed by atoms with van der Waals surface area (Å²) in [6.45, 7) is 2.27. The fourth-order valence-electron chi connectivity index (χ4n) is 3.09. The Morgan fingerprint density at radius 2 is 1.19 bits per heavy atom. The summed E-state index contributed by atoms with van der Waals surface area (Å²) in [4.78, 5) is 0. The molecule has 0 amide bonds. The van der Waals surface area contributed by atoms with Crippen LogP contribution in [0.4, 0.5) is 0 Å². The van der Waals surface area contributed by atoms with E-state index in [0.29, 0.717) is 5.56 Å². The minimum absolute atomic E-state index is 0.0895.